The monoisotopic (exact) mass is 290 g/mol. The van der Waals surface area contributed by atoms with Gasteiger partial charge in [0.15, 0.2) is 0 Å². The molecule has 110 valence electrons. The summed E-state index contributed by atoms with van der Waals surface area (Å²) in [5, 5.41) is 0. The molecular formula is C11H22ClF3N2O. The molecule has 1 saturated heterocycles. The van der Waals surface area contributed by atoms with Crippen LogP contribution in [0.25, 0.3) is 0 Å². The van der Waals surface area contributed by atoms with Crippen molar-refractivity contribution in [3.8, 4) is 0 Å². The maximum atomic E-state index is 11.8. The standard InChI is InChI=1S/C11H21F3N2O.ClH/c1-9(15)10-3-2-4-16(7-10)5-6-17-8-11(12,13)14;/h9-10H,2-8,15H2,1H3;1H. The lowest BCUT2D eigenvalue weighted by atomic mass is 9.92. The highest BCUT2D eigenvalue weighted by Crippen LogP contribution is 2.18. The summed E-state index contributed by atoms with van der Waals surface area (Å²) in [6.45, 7) is 3.31. The van der Waals surface area contributed by atoms with Crippen LogP contribution in [0.3, 0.4) is 0 Å². The minimum absolute atomic E-state index is 0. The van der Waals surface area contributed by atoms with E-state index in [0.29, 0.717) is 12.5 Å². The van der Waals surface area contributed by atoms with E-state index in [2.05, 4.69) is 9.64 Å². The molecule has 1 aliphatic rings. The maximum absolute atomic E-state index is 11.8. The largest absolute Gasteiger partial charge is 0.411 e. The third-order valence-electron chi connectivity index (χ3n) is 3.10. The summed E-state index contributed by atoms with van der Waals surface area (Å²) < 4.78 is 40.1. The number of piperidine rings is 1. The van der Waals surface area contributed by atoms with Crippen molar-refractivity contribution < 1.29 is 17.9 Å². The van der Waals surface area contributed by atoms with Gasteiger partial charge in [-0.15, -0.1) is 12.4 Å². The fraction of sp³-hybridized carbons (Fsp3) is 1.00. The molecule has 2 N–H and O–H groups in total. The van der Waals surface area contributed by atoms with Gasteiger partial charge in [-0.25, -0.2) is 0 Å². The molecule has 3 nitrogen and oxygen atoms in total. The topological polar surface area (TPSA) is 38.5 Å². The van der Waals surface area contributed by atoms with Crippen LogP contribution < -0.4 is 5.73 Å². The molecular weight excluding hydrogens is 269 g/mol. The summed E-state index contributed by atoms with van der Waals surface area (Å²) in [6.07, 6.45) is -2.06. The van der Waals surface area contributed by atoms with E-state index >= 15 is 0 Å². The zero-order valence-corrected chi connectivity index (χ0v) is 11.4. The quantitative estimate of drug-likeness (QED) is 0.788. The van der Waals surface area contributed by atoms with Crippen molar-refractivity contribution >= 4 is 12.4 Å². The van der Waals surface area contributed by atoms with Crippen LogP contribution in [0.15, 0.2) is 0 Å². The molecule has 0 aliphatic carbocycles. The van der Waals surface area contributed by atoms with E-state index < -0.39 is 12.8 Å². The molecule has 0 aromatic rings. The lowest BCUT2D eigenvalue weighted by Gasteiger charge is -2.34. The van der Waals surface area contributed by atoms with E-state index in [-0.39, 0.29) is 25.1 Å². The lowest BCUT2D eigenvalue weighted by Crippen LogP contribution is -2.43. The highest BCUT2D eigenvalue weighted by molar-refractivity contribution is 5.85. The SMILES string of the molecule is CC(N)C1CCCN(CCOCC(F)(F)F)C1.Cl. The first-order chi connectivity index (χ1) is 7.88. The smallest absolute Gasteiger partial charge is 0.371 e. The highest BCUT2D eigenvalue weighted by Gasteiger charge is 2.27. The van der Waals surface area contributed by atoms with Gasteiger partial charge in [-0.2, -0.15) is 13.2 Å². The van der Waals surface area contributed by atoms with Crippen LogP contribution in [0.1, 0.15) is 19.8 Å². The van der Waals surface area contributed by atoms with E-state index in [1.807, 2.05) is 6.92 Å². The van der Waals surface area contributed by atoms with Gasteiger partial charge >= 0.3 is 6.18 Å². The van der Waals surface area contributed by atoms with Gasteiger partial charge in [-0.05, 0) is 32.2 Å². The van der Waals surface area contributed by atoms with Gasteiger partial charge in [0.2, 0.25) is 0 Å². The molecule has 0 aromatic carbocycles. The number of likely N-dealkylation sites (tertiary alicyclic amines) is 1. The average molecular weight is 291 g/mol. The van der Waals surface area contributed by atoms with E-state index in [0.717, 1.165) is 25.9 Å². The maximum Gasteiger partial charge on any atom is 0.411 e. The molecule has 0 spiro atoms. The van der Waals surface area contributed by atoms with Gasteiger partial charge in [0.1, 0.15) is 6.61 Å². The first-order valence-corrected chi connectivity index (χ1v) is 6.01. The summed E-state index contributed by atoms with van der Waals surface area (Å²) in [5.74, 6) is 0.450. The second kappa shape index (κ2) is 8.19. The van der Waals surface area contributed by atoms with Crippen molar-refractivity contribution in [3.63, 3.8) is 0 Å². The summed E-state index contributed by atoms with van der Waals surface area (Å²) in [4.78, 5) is 2.13. The Bertz CT molecular complexity index is 227. The fourth-order valence-electron chi connectivity index (χ4n) is 2.11. The van der Waals surface area contributed by atoms with Crippen molar-refractivity contribution in [1.29, 1.82) is 0 Å². The second-order valence-electron chi connectivity index (χ2n) is 4.73. The third kappa shape index (κ3) is 7.41. The molecule has 0 radical (unpaired) electrons. The number of hydrogen-bond donors (Lipinski definition) is 1. The number of alkyl halides is 3. The number of ether oxygens (including phenoxy) is 1. The van der Waals surface area contributed by atoms with Crippen molar-refractivity contribution in [2.75, 3.05) is 32.8 Å². The predicted molar refractivity (Wildman–Crippen MR) is 66.9 cm³/mol. The molecule has 2 atom stereocenters. The van der Waals surface area contributed by atoms with Gasteiger partial charge in [0, 0.05) is 19.1 Å². The predicted octanol–water partition coefficient (Wildman–Crippen LogP) is 2.05. The van der Waals surface area contributed by atoms with E-state index in [1.165, 1.54) is 0 Å². The van der Waals surface area contributed by atoms with Crippen molar-refractivity contribution in [1.82, 2.24) is 4.90 Å². The van der Waals surface area contributed by atoms with Crippen LogP contribution in [0, 0.1) is 5.92 Å². The molecule has 0 saturated carbocycles. The molecule has 0 aromatic heterocycles. The van der Waals surface area contributed by atoms with Gasteiger partial charge in [0.25, 0.3) is 0 Å². The fourth-order valence-corrected chi connectivity index (χ4v) is 2.11. The van der Waals surface area contributed by atoms with Crippen LogP contribution in [0.4, 0.5) is 13.2 Å². The van der Waals surface area contributed by atoms with E-state index in [4.69, 9.17) is 5.73 Å². The Balaban J connectivity index is 0.00000289. The highest BCUT2D eigenvalue weighted by atomic mass is 35.5. The van der Waals surface area contributed by atoms with Gasteiger partial charge in [0.05, 0.1) is 6.61 Å². The Labute approximate surface area is 112 Å². The van der Waals surface area contributed by atoms with Gasteiger partial charge < -0.3 is 15.4 Å². The zero-order valence-electron chi connectivity index (χ0n) is 10.6. The number of rotatable bonds is 5. The normalized spacial score (nSPS) is 23.5. The van der Waals surface area contributed by atoms with Crippen LogP contribution in [-0.4, -0.2) is 50.0 Å². The number of nitrogens with two attached hydrogens (primary N) is 1. The number of hydrogen-bond acceptors (Lipinski definition) is 3. The summed E-state index contributed by atoms with van der Waals surface area (Å²) in [5.41, 5.74) is 5.83. The van der Waals surface area contributed by atoms with Crippen molar-refractivity contribution in [3.05, 3.63) is 0 Å². The van der Waals surface area contributed by atoms with Gasteiger partial charge in [-0.3, -0.25) is 0 Å². The minimum atomic E-state index is -4.23. The molecule has 1 rings (SSSR count). The molecule has 2 unspecified atom stereocenters. The molecule has 1 fully saturated rings. The molecule has 1 heterocycles. The zero-order chi connectivity index (χ0) is 12.9. The Kier molecular flexibility index (Phi) is 8.18. The molecule has 7 heteroatoms. The van der Waals surface area contributed by atoms with Crippen LogP contribution in [0.5, 0.6) is 0 Å². The van der Waals surface area contributed by atoms with Crippen molar-refractivity contribution in [2.45, 2.75) is 32.0 Å². The van der Waals surface area contributed by atoms with Crippen LogP contribution in [0.2, 0.25) is 0 Å². The molecule has 0 bridgehead atoms. The van der Waals surface area contributed by atoms with E-state index in [9.17, 15) is 13.2 Å². The summed E-state index contributed by atoms with van der Waals surface area (Å²) in [7, 11) is 0. The number of halogens is 4. The average Bonchev–Trinajstić information content (AvgIpc) is 2.23. The Hall–Kier alpha value is -0.0400. The third-order valence-corrected chi connectivity index (χ3v) is 3.10. The lowest BCUT2D eigenvalue weighted by molar-refractivity contribution is -0.174. The van der Waals surface area contributed by atoms with Gasteiger partial charge in [-0.1, -0.05) is 0 Å². The summed E-state index contributed by atoms with van der Waals surface area (Å²) in [6, 6.07) is 0.147. The first kappa shape index (κ1) is 18.0. The second-order valence-corrected chi connectivity index (χ2v) is 4.73. The Morgan fingerprint density at radius 2 is 2.11 bits per heavy atom. The van der Waals surface area contributed by atoms with Crippen LogP contribution in [-0.2, 0) is 4.74 Å². The van der Waals surface area contributed by atoms with Crippen LogP contribution >= 0.6 is 12.4 Å². The van der Waals surface area contributed by atoms with E-state index in [1.54, 1.807) is 0 Å². The molecule has 1 aliphatic heterocycles. The molecule has 18 heavy (non-hydrogen) atoms. The number of nitrogens with zero attached hydrogens (tertiary/aromatic N) is 1. The molecule has 0 amide bonds. The van der Waals surface area contributed by atoms with Crippen molar-refractivity contribution in [2.24, 2.45) is 11.7 Å². The first-order valence-electron chi connectivity index (χ1n) is 6.01. The minimum Gasteiger partial charge on any atom is -0.371 e. The summed E-state index contributed by atoms with van der Waals surface area (Å²) >= 11 is 0. The Morgan fingerprint density at radius 3 is 2.67 bits per heavy atom. The Morgan fingerprint density at radius 1 is 1.44 bits per heavy atom.